The molecular weight excluding hydrogens is 280 g/mol. The van der Waals surface area contributed by atoms with Gasteiger partial charge in [-0.15, -0.1) is 0 Å². The fraction of sp³-hybridized carbons (Fsp3) is 0.429. The van der Waals surface area contributed by atoms with E-state index in [1.165, 1.54) is 12.1 Å². The number of nitrogens with zero attached hydrogens (tertiary/aromatic N) is 2. The summed E-state index contributed by atoms with van der Waals surface area (Å²) in [6, 6.07) is 4.56. The molecule has 1 aromatic heterocycles. The third kappa shape index (κ3) is 2.94. The van der Waals surface area contributed by atoms with E-state index in [2.05, 4.69) is 10.1 Å². The van der Waals surface area contributed by atoms with E-state index in [0.29, 0.717) is 16.4 Å². The van der Waals surface area contributed by atoms with E-state index in [9.17, 15) is 5.11 Å². The maximum absolute atomic E-state index is 9.52. The van der Waals surface area contributed by atoms with E-state index in [-0.39, 0.29) is 23.2 Å². The van der Waals surface area contributed by atoms with E-state index >= 15 is 0 Å². The Bertz CT molecular complexity index is 605. The van der Waals surface area contributed by atoms with Crippen LogP contribution in [0.25, 0.3) is 11.5 Å². The largest absolute Gasteiger partial charge is 0.508 e. The van der Waals surface area contributed by atoms with Crippen molar-refractivity contribution in [1.29, 1.82) is 0 Å². The van der Waals surface area contributed by atoms with Crippen LogP contribution in [0.4, 0.5) is 0 Å². The molecule has 0 saturated carbocycles. The van der Waals surface area contributed by atoms with Gasteiger partial charge in [0.1, 0.15) is 11.9 Å². The molecule has 0 fully saturated rings. The van der Waals surface area contributed by atoms with Crippen LogP contribution in [-0.4, -0.2) is 22.4 Å². The Morgan fingerprint density at radius 2 is 2.05 bits per heavy atom. The van der Waals surface area contributed by atoms with Crippen LogP contribution in [-0.2, 0) is 4.74 Å². The van der Waals surface area contributed by atoms with Gasteiger partial charge in [-0.1, -0.05) is 37.5 Å². The number of halogens is 1. The second-order valence-corrected chi connectivity index (χ2v) is 6.01. The molecule has 0 amide bonds. The number of aromatic nitrogens is 2. The van der Waals surface area contributed by atoms with E-state index in [1.54, 1.807) is 13.2 Å². The average molecular weight is 297 g/mol. The third-order valence-corrected chi connectivity index (χ3v) is 3.21. The number of phenolic OH excluding ortho intramolecular Hbond substituents is 1. The van der Waals surface area contributed by atoms with Gasteiger partial charge in [0, 0.05) is 7.11 Å². The van der Waals surface area contributed by atoms with Crippen LogP contribution < -0.4 is 0 Å². The number of hydrogen-bond acceptors (Lipinski definition) is 5. The molecule has 0 aliphatic carbocycles. The van der Waals surface area contributed by atoms with Crippen molar-refractivity contribution in [3.05, 3.63) is 29.0 Å². The minimum absolute atomic E-state index is 0.0864. The van der Waals surface area contributed by atoms with Crippen LogP contribution in [0.3, 0.4) is 0 Å². The molecule has 0 radical (unpaired) electrons. The maximum Gasteiger partial charge on any atom is 0.259 e. The summed E-state index contributed by atoms with van der Waals surface area (Å²) in [4.78, 5) is 4.32. The Hall–Kier alpha value is -1.59. The van der Waals surface area contributed by atoms with E-state index in [4.69, 9.17) is 20.9 Å². The first-order valence-corrected chi connectivity index (χ1v) is 6.56. The van der Waals surface area contributed by atoms with Gasteiger partial charge in [0.2, 0.25) is 5.82 Å². The van der Waals surface area contributed by atoms with Crippen LogP contribution in [0.2, 0.25) is 5.02 Å². The SMILES string of the molecule is COC(c1noc(-c2cc(O)ccc2Cl)n1)C(C)(C)C. The van der Waals surface area contributed by atoms with Gasteiger partial charge in [0.25, 0.3) is 5.89 Å². The molecule has 5 nitrogen and oxygen atoms in total. The molecule has 1 N–H and O–H groups in total. The van der Waals surface area contributed by atoms with Crippen LogP contribution >= 0.6 is 11.6 Å². The summed E-state index contributed by atoms with van der Waals surface area (Å²) in [5.74, 6) is 0.796. The lowest BCUT2D eigenvalue weighted by atomic mass is 9.88. The van der Waals surface area contributed by atoms with Gasteiger partial charge in [0.15, 0.2) is 0 Å². The summed E-state index contributed by atoms with van der Waals surface area (Å²) in [5.41, 5.74) is 0.326. The van der Waals surface area contributed by atoms with E-state index < -0.39 is 0 Å². The fourth-order valence-corrected chi connectivity index (χ4v) is 2.17. The summed E-state index contributed by atoms with van der Waals surface area (Å²) in [7, 11) is 1.60. The zero-order valence-corrected chi connectivity index (χ0v) is 12.6. The molecule has 0 saturated heterocycles. The number of ether oxygens (including phenoxy) is 1. The molecule has 1 atom stereocenters. The zero-order valence-electron chi connectivity index (χ0n) is 11.8. The van der Waals surface area contributed by atoms with Crippen molar-refractivity contribution in [2.75, 3.05) is 7.11 Å². The number of rotatable bonds is 3. The van der Waals surface area contributed by atoms with Crippen molar-refractivity contribution in [2.24, 2.45) is 5.41 Å². The molecule has 0 bridgehead atoms. The topological polar surface area (TPSA) is 68.4 Å². The van der Waals surface area contributed by atoms with Crippen molar-refractivity contribution in [1.82, 2.24) is 10.1 Å². The van der Waals surface area contributed by atoms with E-state index in [1.807, 2.05) is 20.8 Å². The summed E-state index contributed by atoms with van der Waals surface area (Å²) in [6.45, 7) is 6.08. The quantitative estimate of drug-likeness (QED) is 0.932. The van der Waals surface area contributed by atoms with Gasteiger partial charge < -0.3 is 14.4 Å². The third-order valence-electron chi connectivity index (χ3n) is 2.88. The van der Waals surface area contributed by atoms with Crippen molar-refractivity contribution in [3.63, 3.8) is 0 Å². The smallest absolute Gasteiger partial charge is 0.259 e. The Labute approximate surface area is 122 Å². The Morgan fingerprint density at radius 3 is 2.65 bits per heavy atom. The van der Waals surface area contributed by atoms with Crippen LogP contribution in [0, 0.1) is 5.41 Å². The highest BCUT2D eigenvalue weighted by atomic mass is 35.5. The number of aromatic hydroxyl groups is 1. The molecule has 1 aromatic carbocycles. The summed E-state index contributed by atoms with van der Waals surface area (Å²) in [5, 5.41) is 13.9. The number of benzene rings is 1. The maximum atomic E-state index is 9.52. The highest BCUT2D eigenvalue weighted by Gasteiger charge is 2.31. The highest BCUT2D eigenvalue weighted by molar-refractivity contribution is 6.33. The van der Waals surface area contributed by atoms with Gasteiger partial charge >= 0.3 is 0 Å². The minimum Gasteiger partial charge on any atom is -0.508 e. The second kappa shape index (κ2) is 5.42. The monoisotopic (exact) mass is 296 g/mol. The molecule has 2 rings (SSSR count). The van der Waals surface area contributed by atoms with Gasteiger partial charge in [-0.3, -0.25) is 0 Å². The lowest BCUT2D eigenvalue weighted by Crippen LogP contribution is -2.21. The first kappa shape index (κ1) is 14.8. The van der Waals surface area contributed by atoms with Crippen LogP contribution in [0.15, 0.2) is 22.7 Å². The Kier molecular flexibility index (Phi) is 4.01. The van der Waals surface area contributed by atoms with Gasteiger partial charge in [-0.05, 0) is 23.6 Å². The zero-order chi connectivity index (χ0) is 14.9. The molecule has 0 aliphatic rings. The second-order valence-electron chi connectivity index (χ2n) is 5.60. The first-order valence-electron chi connectivity index (χ1n) is 6.18. The highest BCUT2D eigenvalue weighted by Crippen LogP contribution is 2.36. The molecule has 1 heterocycles. The first-order chi connectivity index (χ1) is 9.32. The summed E-state index contributed by atoms with van der Waals surface area (Å²) < 4.78 is 10.7. The lowest BCUT2D eigenvalue weighted by molar-refractivity contribution is 0.00718. The van der Waals surface area contributed by atoms with Crippen molar-refractivity contribution < 1.29 is 14.4 Å². The molecule has 108 valence electrons. The van der Waals surface area contributed by atoms with Gasteiger partial charge in [-0.25, -0.2) is 0 Å². The molecule has 6 heteroatoms. The van der Waals surface area contributed by atoms with Crippen molar-refractivity contribution >= 4 is 11.6 Å². The molecule has 0 aliphatic heterocycles. The van der Waals surface area contributed by atoms with Crippen LogP contribution in [0.1, 0.15) is 32.7 Å². The molecule has 0 spiro atoms. The molecule has 2 aromatic rings. The Balaban J connectivity index is 2.40. The van der Waals surface area contributed by atoms with Crippen molar-refractivity contribution in [3.8, 4) is 17.2 Å². The number of phenols is 1. The standard InChI is InChI=1S/C14H17ClN2O3/c1-14(2,3)11(19-4)12-16-13(20-17-12)9-7-8(18)5-6-10(9)15/h5-7,11,18H,1-4H3. The molecular formula is C14H17ClN2O3. The summed E-state index contributed by atoms with van der Waals surface area (Å²) >= 11 is 6.07. The van der Waals surface area contributed by atoms with Gasteiger partial charge in [0.05, 0.1) is 10.6 Å². The predicted molar refractivity (Wildman–Crippen MR) is 75.6 cm³/mol. The summed E-state index contributed by atoms with van der Waals surface area (Å²) in [6.07, 6.45) is -0.295. The number of hydrogen-bond donors (Lipinski definition) is 1. The fourth-order valence-electron chi connectivity index (χ4n) is 1.97. The van der Waals surface area contributed by atoms with Gasteiger partial charge in [-0.2, -0.15) is 4.98 Å². The van der Waals surface area contributed by atoms with Crippen LogP contribution in [0.5, 0.6) is 5.75 Å². The number of methoxy groups -OCH3 is 1. The van der Waals surface area contributed by atoms with E-state index in [0.717, 1.165) is 0 Å². The average Bonchev–Trinajstić information content (AvgIpc) is 2.80. The minimum atomic E-state index is -0.295. The van der Waals surface area contributed by atoms with Crippen molar-refractivity contribution in [2.45, 2.75) is 26.9 Å². The lowest BCUT2D eigenvalue weighted by Gasteiger charge is -2.26. The predicted octanol–water partition coefficient (Wildman–Crippen LogP) is 3.83. The Morgan fingerprint density at radius 1 is 1.35 bits per heavy atom. The normalized spacial score (nSPS) is 13.4. The molecule has 20 heavy (non-hydrogen) atoms. The molecule has 1 unspecified atom stereocenters.